The maximum Gasteiger partial charge on any atom is 0.147 e. The third-order valence-electron chi connectivity index (χ3n) is 1.85. The van der Waals surface area contributed by atoms with E-state index in [1.807, 2.05) is 18.2 Å². The van der Waals surface area contributed by atoms with E-state index in [-0.39, 0.29) is 0 Å². The number of hydrogen-bond donors (Lipinski definition) is 1. The SMILES string of the molecule is Brc1ccc(Br)c(Nc2ncncc2I)c1. The predicted molar refractivity (Wildman–Crippen MR) is 79.9 cm³/mol. The van der Waals surface area contributed by atoms with Crippen LogP contribution in [0.25, 0.3) is 0 Å². The lowest BCUT2D eigenvalue weighted by atomic mass is 10.3. The lowest BCUT2D eigenvalue weighted by Crippen LogP contribution is -1.97. The van der Waals surface area contributed by atoms with Crippen molar-refractivity contribution >= 4 is 66.0 Å². The van der Waals surface area contributed by atoms with Gasteiger partial charge in [0.15, 0.2) is 0 Å². The van der Waals surface area contributed by atoms with Crippen LogP contribution >= 0.6 is 54.5 Å². The van der Waals surface area contributed by atoms with Crippen LogP contribution in [0.2, 0.25) is 0 Å². The molecule has 1 aromatic heterocycles. The molecule has 0 unspecified atom stereocenters. The van der Waals surface area contributed by atoms with Crippen LogP contribution in [0.3, 0.4) is 0 Å². The van der Waals surface area contributed by atoms with Gasteiger partial charge in [0.25, 0.3) is 0 Å². The number of halogens is 3. The van der Waals surface area contributed by atoms with Crippen molar-refractivity contribution in [3.8, 4) is 0 Å². The molecule has 0 saturated heterocycles. The molecule has 16 heavy (non-hydrogen) atoms. The Hall–Kier alpha value is -0.210. The molecule has 2 rings (SSSR count). The Labute approximate surface area is 123 Å². The van der Waals surface area contributed by atoms with Crippen LogP contribution < -0.4 is 5.32 Å². The van der Waals surface area contributed by atoms with Gasteiger partial charge in [-0.15, -0.1) is 0 Å². The summed E-state index contributed by atoms with van der Waals surface area (Å²) < 4.78 is 2.99. The molecule has 1 aromatic carbocycles. The van der Waals surface area contributed by atoms with Crippen molar-refractivity contribution in [3.05, 3.63) is 43.2 Å². The molecule has 6 heteroatoms. The Morgan fingerprint density at radius 1 is 1.25 bits per heavy atom. The topological polar surface area (TPSA) is 37.8 Å². The van der Waals surface area contributed by atoms with Crippen molar-refractivity contribution in [1.29, 1.82) is 0 Å². The molecule has 0 fully saturated rings. The van der Waals surface area contributed by atoms with E-state index in [0.29, 0.717) is 0 Å². The van der Waals surface area contributed by atoms with Gasteiger partial charge in [-0.1, -0.05) is 15.9 Å². The largest absolute Gasteiger partial charge is 0.338 e. The highest BCUT2D eigenvalue weighted by atomic mass is 127. The second kappa shape index (κ2) is 5.42. The average molecular weight is 455 g/mol. The van der Waals surface area contributed by atoms with Gasteiger partial charge in [0, 0.05) is 15.1 Å². The Bertz CT molecular complexity index is 519. The van der Waals surface area contributed by atoms with Crippen LogP contribution in [0.15, 0.2) is 39.7 Å². The van der Waals surface area contributed by atoms with Gasteiger partial charge in [-0.25, -0.2) is 9.97 Å². The van der Waals surface area contributed by atoms with Gasteiger partial charge in [0.1, 0.15) is 12.1 Å². The highest BCUT2D eigenvalue weighted by molar-refractivity contribution is 14.1. The normalized spacial score (nSPS) is 10.2. The van der Waals surface area contributed by atoms with E-state index >= 15 is 0 Å². The lowest BCUT2D eigenvalue weighted by Gasteiger charge is -2.09. The number of benzene rings is 1. The maximum absolute atomic E-state index is 4.18. The van der Waals surface area contributed by atoms with Gasteiger partial charge in [-0.2, -0.15) is 0 Å². The fraction of sp³-hybridized carbons (Fsp3) is 0. The van der Waals surface area contributed by atoms with E-state index in [0.717, 1.165) is 24.0 Å². The summed E-state index contributed by atoms with van der Waals surface area (Å²) >= 11 is 9.11. The number of rotatable bonds is 2. The molecular formula is C10H6Br2IN3. The smallest absolute Gasteiger partial charge is 0.147 e. The number of aromatic nitrogens is 2. The summed E-state index contributed by atoms with van der Waals surface area (Å²) in [5.74, 6) is 0.800. The zero-order valence-electron chi connectivity index (χ0n) is 7.92. The van der Waals surface area contributed by atoms with Crippen LogP contribution in [-0.2, 0) is 0 Å². The lowest BCUT2D eigenvalue weighted by molar-refractivity contribution is 1.15. The first-order valence-corrected chi connectivity index (χ1v) is 7.01. The van der Waals surface area contributed by atoms with Gasteiger partial charge in [-0.3, -0.25) is 0 Å². The van der Waals surface area contributed by atoms with Crippen LogP contribution in [0, 0.1) is 3.57 Å². The van der Waals surface area contributed by atoms with E-state index in [9.17, 15) is 0 Å². The minimum absolute atomic E-state index is 0.800. The van der Waals surface area contributed by atoms with Crippen molar-refractivity contribution in [1.82, 2.24) is 9.97 Å². The molecule has 0 spiro atoms. The van der Waals surface area contributed by atoms with Crippen LogP contribution in [-0.4, -0.2) is 9.97 Å². The minimum Gasteiger partial charge on any atom is -0.338 e. The van der Waals surface area contributed by atoms with E-state index in [4.69, 9.17) is 0 Å². The molecule has 82 valence electrons. The molecule has 1 heterocycles. The minimum atomic E-state index is 0.800. The molecule has 2 aromatic rings. The fourth-order valence-corrected chi connectivity index (χ4v) is 2.27. The molecule has 1 N–H and O–H groups in total. The van der Waals surface area contributed by atoms with Crippen LogP contribution in [0.4, 0.5) is 11.5 Å². The van der Waals surface area contributed by atoms with Gasteiger partial charge >= 0.3 is 0 Å². The standard InChI is InChI=1S/C10H6Br2IN3/c11-6-1-2-7(12)9(3-6)16-10-8(13)4-14-5-15-10/h1-5H,(H,14,15,16). The third-order valence-corrected chi connectivity index (χ3v) is 3.82. The summed E-state index contributed by atoms with van der Waals surface area (Å²) in [6.07, 6.45) is 3.29. The highest BCUT2D eigenvalue weighted by Crippen LogP contribution is 2.29. The van der Waals surface area contributed by atoms with Crippen molar-refractivity contribution in [2.24, 2.45) is 0 Å². The Morgan fingerprint density at radius 3 is 2.81 bits per heavy atom. The first kappa shape index (κ1) is 12.3. The molecule has 0 saturated carbocycles. The van der Waals surface area contributed by atoms with Crippen molar-refractivity contribution in [2.75, 3.05) is 5.32 Å². The van der Waals surface area contributed by atoms with E-state index in [2.05, 4.69) is 69.7 Å². The number of hydrogen-bond acceptors (Lipinski definition) is 3. The molecule has 0 radical (unpaired) electrons. The molecule has 0 aliphatic heterocycles. The van der Waals surface area contributed by atoms with Crippen molar-refractivity contribution < 1.29 is 0 Å². The van der Waals surface area contributed by atoms with Crippen LogP contribution in [0.5, 0.6) is 0 Å². The second-order valence-electron chi connectivity index (χ2n) is 2.97. The summed E-state index contributed by atoms with van der Waals surface area (Å²) in [4.78, 5) is 8.13. The summed E-state index contributed by atoms with van der Waals surface area (Å²) in [6.45, 7) is 0. The summed E-state index contributed by atoms with van der Waals surface area (Å²) in [5.41, 5.74) is 0.964. The molecule has 0 aliphatic rings. The molecule has 3 nitrogen and oxygen atoms in total. The molecule has 0 bridgehead atoms. The fourth-order valence-electron chi connectivity index (χ4n) is 1.13. The Morgan fingerprint density at radius 2 is 2.06 bits per heavy atom. The number of nitrogens with one attached hydrogen (secondary N) is 1. The third kappa shape index (κ3) is 2.92. The summed E-state index contributed by atoms with van der Waals surface area (Å²) in [7, 11) is 0. The predicted octanol–water partition coefficient (Wildman–Crippen LogP) is 4.35. The van der Waals surface area contributed by atoms with Crippen LogP contribution in [0.1, 0.15) is 0 Å². The molecular weight excluding hydrogens is 449 g/mol. The number of anilines is 2. The average Bonchev–Trinajstić information content (AvgIpc) is 2.27. The van der Waals surface area contributed by atoms with E-state index < -0.39 is 0 Å². The zero-order valence-corrected chi connectivity index (χ0v) is 13.2. The van der Waals surface area contributed by atoms with E-state index in [1.54, 1.807) is 6.20 Å². The first-order chi connectivity index (χ1) is 7.66. The zero-order chi connectivity index (χ0) is 11.5. The highest BCUT2D eigenvalue weighted by Gasteiger charge is 2.04. The Kier molecular flexibility index (Phi) is 4.15. The quantitative estimate of drug-likeness (QED) is 0.686. The maximum atomic E-state index is 4.18. The monoisotopic (exact) mass is 453 g/mol. The summed E-state index contributed by atoms with van der Waals surface area (Å²) in [5, 5.41) is 3.25. The number of nitrogens with zero attached hydrogens (tertiary/aromatic N) is 2. The van der Waals surface area contributed by atoms with Gasteiger partial charge in [-0.05, 0) is 56.7 Å². The molecule has 0 aliphatic carbocycles. The van der Waals surface area contributed by atoms with Gasteiger partial charge in [0.2, 0.25) is 0 Å². The summed E-state index contributed by atoms with van der Waals surface area (Å²) in [6, 6.07) is 5.93. The Balaban J connectivity index is 2.34. The second-order valence-corrected chi connectivity index (χ2v) is 5.90. The molecule has 0 amide bonds. The van der Waals surface area contributed by atoms with E-state index in [1.165, 1.54) is 6.33 Å². The van der Waals surface area contributed by atoms with Gasteiger partial charge < -0.3 is 5.32 Å². The first-order valence-electron chi connectivity index (χ1n) is 4.34. The van der Waals surface area contributed by atoms with Crippen molar-refractivity contribution in [2.45, 2.75) is 0 Å². The molecule has 0 atom stereocenters. The van der Waals surface area contributed by atoms with Crippen molar-refractivity contribution in [3.63, 3.8) is 0 Å². The van der Waals surface area contributed by atoms with Gasteiger partial charge in [0.05, 0.1) is 9.26 Å².